The Kier molecular flexibility index (Phi) is 4.44. The number of nitro benzene ring substituents is 1. The summed E-state index contributed by atoms with van der Waals surface area (Å²) in [6, 6.07) is 5.23. The number of non-ortho nitro benzene ring substituents is 1. The zero-order chi connectivity index (χ0) is 18.1. The van der Waals surface area contributed by atoms with Gasteiger partial charge in [0.05, 0.1) is 10.3 Å². The number of fused-ring (bicyclic) bond motifs is 1. The van der Waals surface area contributed by atoms with Crippen molar-refractivity contribution < 1.29 is 9.72 Å². The number of amides is 1. The molecule has 7 heteroatoms. The molecule has 0 radical (unpaired) electrons. The molecule has 1 aliphatic heterocycles. The highest BCUT2D eigenvalue weighted by Gasteiger charge is 2.32. The summed E-state index contributed by atoms with van der Waals surface area (Å²) in [4.78, 5) is 29.4. The first-order valence-electron chi connectivity index (χ1n) is 9.20. The molecule has 7 nitrogen and oxygen atoms in total. The van der Waals surface area contributed by atoms with Crippen LogP contribution in [0.15, 0.2) is 30.6 Å². The van der Waals surface area contributed by atoms with E-state index in [1.54, 1.807) is 18.3 Å². The predicted molar refractivity (Wildman–Crippen MR) is 99.0 cm³/mol. The highest BCUT2D eigenvalue weighted by Crippen LogP contribution is 2.32. The third kappa shape index (κ3) is 3.09. The van der Waals surface area contributed by atoms with Crippen molar-refractivity contribution in [1.29, 1.82) is 0 Å². The highest BCUT2D eigenvalue weighted by molar-refractivity contribution is 5.99. The van der Waals surface area contributed by atoms with Crippen LogP contribution in [-0.2, 0) is 4.79 Å². The van der Waals surface area contributed by atoms with E-state index in [4.69, 9.17) is 0 Å². The van der Waals surface area contributed by atoms with Crippen LogP contribution >= 0.6 is 0 Å². The van der Waals surface area contributed by atoms with Gasteiger partial charge in [0.25, 0.3) is 5.69 Å². The number of likely N-dealkylation sites (tertiary alicyclic amines) is 1. The van der Waals surface area contributed by atoms with Crippen molar-refractivity contribution in [3.8, 4) is 0 Å². The predicted octanol–water partition coefficient (Wildman–Crippen LogP) is 3.35. The van der Waals surface area contributed by atoms with Crippen LogP contribution in [-0.4, -0.2) is 39.8 Å². The van der Waals surface area contributed by atoms with Crippen LogP contribution in [0.5, 0.6) is 0 Å². The summed E-state index contributed by atoms with van der Waals surface area (Å²) >= 11 is 0. The Bertz CT molecular complexity index is 848. The van der Waals surface area contributed by atoms with Gasteiger partial charge in [0.2, 0.25) is 5.91 Å². The van der Waals surface area contributed by atoms with Crippen LogP contribution in [0.4, 0.5) is 11.4 Å². The van der Waals surface area contributed by atoms with Crippen LogP contribution < -0.4 is 5.32 Å². The summed E-state index contributed by atoms with van der Waals surface area (Å²) in [6.07, 6.45) is 8.43. The average molecular weight is 354 g/mol. The van der Waals surface area contributed by atoms with Gasteiger partial charge in [-0.15, -0.1) is 0 Å². The first-order chi connectivity index (χ1) is 12.6. The van der Waals surface area contributed by atoms with E-state index in [1.165, 1.54) is 12.3 Å². The van der Waals surface area contributed by atoms with Gasteiger partial charge >= 0.3 is 0 Å². The fourth-order valence-electron chi connectivity index (χ4n) is 4.19. The van der Waals surface area contributed by atoms with Crippen molar-refractivity contribution >= 4 is 28.1 Å². The molecule has 4 rings (SSSR count). The maximum absolute atomic E-state index is 12.6. The lowest BCUT2D eigenvalue weighted by atomic mass is 10.1. The van der Waals surface area contributed by atoms with Crippen molar-refractivity contribution in [3.05, 3.63) is 40.7 Å². The molecule has 0 bridgehead atoms. The minimum atomic E-state index is -0.384. The number of nitrogens with one attached hydrogen (secondary N) is 1. The number of pyridine rings is 1. The molecular formula is C19H22N4O3. The van der Waals surface area contributed by atoms with Gasteiger partial charge in [-0.1, -0.05) is 12.8 Å². The molecule has 2 aliphatic rings. The number of benzene rings is 1. The summed E-state index contributed by atoms with van der Waals surface area (Å²) in [5.41, 5.74) is 0.913. The Hall–Kier alpha value is -2.70. The molecular weight excluding hydrogens is 332 g/mol. The van der Waals surface area contributed by atoms with E-state index in [9.17, 15) is 14.9 Å². The highest BCUT2D eigenvalue weighted by atomic mass is 16.6. The second-order valence-electron chi connectivity index (χ2n) is 7.21. The zero-order valence-electron chi connectivity index (χ0n) is 14.6. The van der Waals surface area contributed by atoms with Gasteiger partial charge in [0.1, 0.15) is 0 Å². The number of hydrogen-bond acceptors (Lipinski definition) is 5. The molecule has 1 aromatic carbocycles. The Morgan fingerprint density at radius 1 is 1.19 bits per heavy atom. The topological polar surface area (TPSA) is 88.4 Å². The Balaban J connectivity index is 1.51. The number of nitro groups is 1. The number of carbonyl (C=O) groups is 1. The molecule has 1 unspecified atom stereocenters. The molecule has 136 valence electrons. The lowest BCUT2D eigenvalue weighted by Gasteiger charge is -2.21. The van der Waals surface area contributed by atoms with E-state index in [0.29, 0.717) is 17.8 Å². The summed E-state index contributed by atoms with van der Waals surface area (Å²) in [7, 11) is 0. The van der Waals surface area contributed by atoms with Gasteiger partial charge in [0.15, 0.2) is 0 Å². The normalized spacial score (nSPS) is 20.6. The van der Waals surface area contributed by atoms with Crippen LogP contribution in [0.25, 0.3) is 10.8 Å². The van der Waals surface area contributed by atoms with Crippen LogP contribution in [0, 0.1) is 16.0 Å². The maximum Gasteiger partial charge on any atom is 0.278 e. The zero-order valence-corrected chi connectivity index (χ0v) is 14.6. The third-order valence-electron chi connectivity index (χ3n) is 5.56. The SMILES string of the molecule is O=C(C1CCCC1)N1CCC(Nc2ccc([N+](=O)[O-])c3cnccc23)C1. The van der Waals surface area contributed by atoms with Crippen LogP contribution in [0.2, 0.25) is 0 Å². The van der Waals surface area contributed by atoms with Gasteiger partial charge < -0.3 is 10.2 Å². The molecule has 1 atom stereocenters. The van der Waals surface area contributed by atoms with Crippen molar-refractivity contribution in [2.45, 2.75) is 38.1 Å². The molecule has 1 saturated heterocycles. The summed E-state index contributed by atoms with van der Waals surface area (Å²) in [5.74, 6) is 0.504. The van der Waals surface area contributed by atoms with Crippen LogP contribution in [0.1, 0.15) is 32.1 Å². The van der Waals surface area contributed by atoms with E-state index >= 15 is 0 Å². The van der Waals surface area contributed by atoms with E-state index in [0.717, 1.165) is 49.7 Å². The fourth-order valence-corrected chi connectivity index (χ4v) is 4.19. The molecule has 2 aromatic rings. The van der Waals surface area contributed by atoms with Gasteiger partial charge in [-0.2, -0.15) is 0 Å². The van der Waals surface area contributed by atoms with Crippen molar-refractivity contribution in [1.82, 2.24) is 9.88 Å². The van der Waals surface area contributed by atoms with Crippen molar-refractivity contribution in [2.24, 2.45) is 5.92 Å². The maximum atomic E-state index is 12.6. The molecule has 1 saturated carbocycles. The van der Waals surface area contributed by atoms with Gasteiger partial charge in [-0.05, 0) is 31.4 Å². The van der Waals surface area contributed by atoms with Crippen LogP contribution in [0.3, 0.4) is 0 Å². The monoisotopic (exact) mass is 354 g/mol. The summed E-state index contributed by atoms with van der Waals surface area (Å²) in [6.45, 7) is 1.47. The van der Waals surface area contributed by atoms with E-state index < -0.39 is 0 Å². The largest absolute Gasteiger partial charge is 0.380 e. The molecule has 1 aliphatic carbocycles. The standard InChI is InChI=1S/C19H22N4O3/c24-19(13-3-1-2-4-13)22-10-8-14(12-22)21-17-5-6-18(23(25)26)16-11-20-9-7-15(16)17/h5-7,9,11,13-14,21H,1-4,8,10,12H2. The Morgan fingerprint density at radius 3 is 2.77 bits per heavy atom. The average Bonchev–Trinajstić information content (AvgIpc) is 3.33. The minimum absolute atomic E-state index is 0.0584. The first-order valence-corrected chi connectivity index (χ1v) is 9.20. The number of aromatic nitrogens is 1. The summed E-state index contributed by atoms with van der Waals surface area (Å²) < 4.78 is 0. The number of nitrogens with zero attached hydrogens (tertiary/aromatic N) is 3. The van der Waals surface area contributed by atoms with E-state index in [-0.39, 0.29) is 22.6 Å². The van der Waals surface area contributed by atoms with Crippen molar-refractivity contribution in [3.63, 3.8) is 0 Å². The first kappa shape index (κ1) is 16.8. The number of anilines is 1. The molecule has 1 aromatic heterocycles. The molecule has 26 heavy (non-hydrogen) atoms. The molecule has 1 amide bonds. The Labute approximate surface area is 151 Å². The second-order valence-corrected chi connectivity index (χ2v) is 7.21. The molecule has 2 fully saturated rings. The second kappa shape index (κ2) is 6.90. The quantitative estimate of drug-likeness (QED) is 0.672. The van der Waals surface area contributed by atoms with Gasteiger partial charge in [-0.25, -0.2) is 0 Å². The summed E-state index contributed by atoms with van der Waals surface area (Å²) in [5, 5.41) is 16.0. The number of carbonyl (C=O) groups excluding carboxylic acids is 1. The van der Waals surface area contributed by atoms with E-state index in [1.807, 2.05) is 4.90 Å². The lowest BCUT2D eigenvalue weighted by Crippen LogP contribution is -2.35. The molecule has 0 spiro atoms. The van der Waals surface area contributed by atoms with Gasteiger partial charge in [-0.3, -0.25) is 19.9 Å². The Morgan fingerprint density at radius 2 is 2.00 bits per heavy atom. The smallest absolute Gasteiger partial charge is 0.278 e. The molecule has 1 N–H and O–H groups in total. The third-order valence-corrected chi connectivity index (χ3v) is 5.56. The van der Waals surface area contributed by atoms with Crippen molar-refractivity contribution in [2.75, 3.05) is 18.4 Å². The number of rotatable bonds is 4. The molecule has 2 heterocycles. The van der Waals surface area contributed by atoms with Gasteiger partial charge in [0, 0.05) is 54.6 Å². The fraction of sp³-hybridized carbons (Fsp3) is 0.474. The van der Waals surface area contributed by atoms with E-state index in [2.05, 4.69) is 10.3 Å². The lowest BCUT2D eigenvalue weighted by molar-refractivity contribution is -0.383. The minimum Gasteiger partial charge on any atom is -0.380 e. The number of hydrogen-bond donors (Lipinski definition) is 1.